The molecule has 1 N–H and O–H groups in total. The lowest BCUT2D eigenvalue weighted by Crippen LogP contribution is -2.22. The zero-order chi connectivity index (χ0) is 15.8. The van der Waals surface area contributed by atoms with Crippen LogP contribution in [-0.2, 0) is 11.2 Å². The molecule has 0 unspecified atom stereocenters. The van der Waals surface area contributed by atoms with Crippen LogP contribution in [0.1, 0.15) is 23.1 Å². The van der Waals surface area contributed by atoms with Crippen LogP contribution in [0, 0.1) is 6.92 Å². The number of rotatable bonds is 6. The van der Waals surface area contributed by atoms with E-state index in [4.69, 9.17) is 11.6 Å². The monoisotopic (exact) mass is 313 g/mol. The molecule has 0 atom stereocenters. The molecule has 2 rings (SSSR count). The zero-order valence-electron chi connectivity index (χ0n) is 12.7. The van der Waals surface area contributed by atoms with Gasteiger partial charge in [-0.3, -0.25) is 4.79 Å². The van der Waals surface area contributed by atoms with Crippen molar-refractivity contribution < 1.29 is 4.79 Å². The molecule has 0 spiro atoms. The molecule has 114 valence electrons. The Bertz CT molecular complexity index is 647. The minimum atomic E-state index is -0.0697. The van der Waals surface area contributed by atoms with Gasteiger partial charge in [-0.15, -0.1) is 0 Å². The molecule has 0 aliphatic rings. The van der Waals surface area contributed by atoms with Gasteiger partial charge >= 0.3 is 0 Å². The number of halogens is 1. The lowest BCUT2D eigenvalue weighted by Gasteiger charge is -2.04. The first-order valence-corrected chi connectivity index (χ1v) is 7.79. The zero-order valence-corrected chi connectivity index (χ0v) is 13.4. The average Bonchev–Trinajstić information content (AvgIpc) is 2.52. The third-order valence-electron chi connectivity index (χ3n) is 3.38. The highest BCUT2D eigenvalue weighted by atomic mass is 35.5. The molecule has 2 nitrogen and oxygen atoms in total. The van der Waals surface area contributed by atoms with Crippen LogP contribution >= 0.6 is 11.6 Å². The number of aryl methyl sites for hydroxylation is 2. The van der Waals surface area contributed by atoms with Crippen LogP contribution in [0.15, 0.2) is 54.6 Å². The van der Waals surface area contributed by atoms with Crippen LogP contribution in [0.2, 0.25) is 5.02 Å². The average molecular weight is 314 g/mol. The second-order valence-electron chi connectivity index (χ2n) is 5.23. The summed E-state index contributed by atoms with van der Waals surface area (Å²) in [6.45, 7) is 2.68. The molecule has 0 fully saturated rings. The highest BCUT2D eigenvalue weighted by Crippen LogP contribution is 2.16. The first kappa shape index (κ1) is 16.3. The van der Waals surface area contributed by atoms with Crippen LogP contribution < -0.4 is 5.32 Å². The fourth-order valence-corrected chi connectivity index (χ4v) is 2.33. The summed E-state index contributed by atoms with van der Waals surface area (Å²) in [6.07, 6.45) is 5.12. The molecule has 1 amide bonds. The van der Waals surface area contributed by atoms with Gasteiger partial charge < -0.3 is 5.32 Å². The fraction of sp³-hybridized carbons (Fsp3) is 0.211. The molecule has 0 bridgehead atoms. The Balaban J connectivity index is 1.72. The van der Waals surface area contributed by atoms with Crippen LogP contribution in [0.5, 0.6) is 0 Å². The summed E-state index contributed by atoms with van der Waals surface area (Å²) < 4.78 is 0. The predicted molar refractivity (Wildman–Crippen MR) is 93.0 cm³/mol. The van der Waals surface area contributed by atoms with Crippen molar-refractivity contribution in [3.8, 4) is 0 Å². The molecular weight excluding hydrogens is 294 g/mol. The highest BCUT2D eigenvalue weighted by Gasteiger charge is 1.99. The van der Waals surface area contributed by atoms with Crippen molar-refractivity contribution in [3.05, 3.63) is 76.3 Å². The Morgan fingerprint density at radius 3 is 2.59 bits per heavy atom. The van der Waals surface area contributed by atoms with E-state index in [9.17, 15) is 4.79 Å². The van der Waals surface area contributed by atoms with Gasteiger partial charge in [-0.05, 0) is 43.0 Å². The Kier molecular flexibility index (Phi) is 6.23. The van der Waals surface area contributed by atoms with Gasteiger partial charge in [0.1, 0.15) is 0 Å². The summed E-state index contributed by atoms with van der Waals surface area (Å²) in [7, 11) is 0. The van der Waals surface area contributed by atoms with Gasteiger partial charge in [-0.25, -0.2) is 0 Å². The van der Waals surface area contributed by atoms with Gasteiger partial charge in [0.2, 0.25) is 5.91 Å². The second kappa shape index (κ2) is 8.40. The maximum atomic E-state index is 11.7. The Morgan fingerprint density at radius 2 is 1.86 bits per heavy atom. The predicted octanol–water partition coefficient (Wildman–Crippen LogP) is 4.41. The quantitative estimate of drug-likeness (QED) is 0.621. The normalized spacial score (nSPS) is 10.8. The van der Waals surface area contributed by atoms with Crippen molar-refractivity contribution in [2.24, 2.45) is 0 Å². The van der Waals surface area contributed by atoms with E-state index in [0.717, 1.165) is 29.0 Å². The van der Waals surface area contributed by atoms with Gasteiger partial charge in [0, 0.05) is 17.6 Å². The molecule has 3 heteroatoms. The van der Waals surface area contributed by atoms with Crippen LogP contribution in [0.25, 0.3) is 6.08 Å². The Labute approximate surface area is 136 Å². The standard InChI is InChI=1S/C19H20ClNO/c1-15-8-10-16(11-9-15)12-13-19(22)21-14-4-6-17-5-2-3-7-18(17)20/h2-3,5,7-13H,4,6,14H2,1H3,(H,21,22)/b13-12+. The molecule has 2 aromatic rings. The number of nitrogens with one attached hydrogen (secondary N) is 1. The molecular formula is C19H20ClNO. The molecule has 0 aliphatic carbocycles. The molecule has 0 aromatic heterocycles. The number of hydrogen-bond donors (Lipinski definition) is 1. The number of hydrogen-bond acceptors (Lipinski definition) is 1. The highest BCUT2D eigenvalue weighted by molar-refractivity contribution is 6.31. The third-order valence-corrected chi connectivity index (χ3v) is 3.75. The van der Waals surface area contributed by atoms with Crippen LogP contribution in [0.4, 0.5) is 0 Å². The van der Waals surface area contributed by atoms with E-state index in [1.165, 1.54) is 5.56 Å². The Morgan fingerprint density at radius 1 is 1.14 bits per heavy atom. The molecule has 0 radical (unpaired) electrons. The number of carbonyl (C=O) groups excluding carboxylic acids is 1. The molecule has 0 heterocycles. The summed E-state index contributed by atoms with van der Waals surface area (Å²) in [5.74, 6) is -0.0697. The van der Waals surface area contributed by atoms with Crippen molar-refractivity contribution in [2.75, 3.05) is 6.54 Å². The van der Waals surface area contributed by atoms with E-state index in [1.54, 1.807) is 6.08 Å². The topological polar surface area (TPSA) is 29.1 Å². The smallest absolute Gasteiger partial charge is 0.243 e. The van der Waals surface area contributed by atoms with Crippen LogP contribution in [-0.4, -0.2) is 12.5 Å². The first-order valence-electron chi connectivity index (χ1n) is 7.41. The summed E-state index contributed by atoms with van der Waals surface area (Å²) >= 11 is 6.10. The third kappa shape index (κ3) is 5.38. The van der Waals surface area contributed by atoms with Crippen molar-refractivity contribution in [2.45, 2.75) is 19.8 Å². The van der Waals surface area contributed by atoms with Crippen molar-refractivity contribution in [3.63, 3.8) is 0 Å². The molecule has 0 saturated carbocycles. The Hall–Kier alpha value is -2.06. The van der Waals surface area contributed by atoms with Crippen molar-refractivity contribution >= 4 is 23.6 Å². The molecule has 0 saturated heterocycles. The van der Waals surface area contributed by atoms with Crippen LogP contribution in [0.3, 0.4) is 0 Å². The summed E-state index contributed by atoms with van der Waals surface area (Å²) in [6, 6.07) is 15.9. The van der Waals surface area contributed by atoms with E-state index >= 15 is 0 Å². The van der Waals surface area contributed by atoms with E-state index in [-0.39, 0.29) is 5.91 Å². The lowest BCUT2D eigenvalue weighted by atomic mass is 10.1. The first-order chi connectivity index (χ1) is 10.6. The van der Waals surface area contributed by atoms with Gasteiger partial charge in [0.05, 0.1) is 0 Å². The largest absolute Gasteiger partial charge is 0.353 e. The van der Waals surface area contributed by atoms with E-state index < -0.39 is 0 Å². The SMILES string of the molecule is Cc1ccc(/C=C/C(=O)NCCCc2ccccc2Cl)cc1. The maximum Gasteiger partial charge on any atom is 0.243 e. The minimum Gasteiger partial charge on any atom is -0.353 e. The number of amides is 1. The van der Waals surface area contributed by atoms with Gasteiger partial charge in [0.15, 0.2) is 0 Å². The molecule has 22 heavy (non-hydrogen) atoms. The molecule has 0 aliphatic heterocycles. The van der Waals surface area contributed by atoms with Crippen molar-refractivity contribution in [1.82, 2.24) is 5.32 Å². The summed E-state index contributed by atoms with van der Waals surface area (Å²) in [4.78, 5) is 11.7. The van der Waals surface area contributed by atoms with Gasteiger partial charge in [-0.2, -0.15) is 0 Å². The minimum absolute atomic E-state index is 0.0697. The van der Waals surface area contributed by atoms with Gasteiger partial charge in [0.25, 0.3) is 0 Å². The number of benzene rings is 2. The number of carbonyl (C=O) groups is 1. The second-order valence-corrected chi connectivity index (χ2v) is 5.64. The lowest BCUT2D eigenvalue weighted by molar-refractivity contribution is -0.116. The summed E-state index contributed by atoms with van der Waals surface area (Å²) in [5, 5.41) is 3.67. The van der Waals surface area contributed by atoms with E-state index in [2.05, 4.69) is 5.32 Å². The van der Waals surface area contributed by atoms with Crippen molar-refractivity contribution in [1.29, 1.82) is 0 Å². The summed E-state index contributed by atoms with van der Waals surface area (Å²) in [5.41, 5.74) is 3.35. The maximum absolute atomic E-state index is 11.7. The van der Waals surface area contributed by atoms with E-state index in [0.29, 0.717) is 6.54 Å². The molecule has 2 aromatic carbocycles. The van der Waals surface area contributed by atoms with Gasteiger partial charge in [-0.1, -0.05) is 59.6 Å². The fourth-order valence-electron chi connectivity index (χ4n) is 2.10. The van der Waals surface area contributed by atoms with E-state index in [1.807, 2.05) is 61.5 Å².